The second-order valence-corrected chi connectivity index (χ2v) is 6.08. The fraction of sp³-hybridized carbons (Fsp3) is 0. The summed E-state index contributed by atoms with van der Waals surface area (Å²) in [6, 6.07) is 5.62. The quantitative estimate of drug-likeness (QED) is 0.788. The molecule has 98 valence electrons. The number of rotatable bonds is 2. The van der Waals surface area contributed by atoms with Crippen LogP contribution < -0.4 is 0 Å². The van der Waals surface area contributed by atoms with E-state index in [2.05, 4.69) is 4.40 Å². The van der Waals surface area contributed by atoms with E-state index < -0.39 is 10.0 Å². The predicted octanol–water partition coefficient (Wildman–Crippen LogP) is 2.73. The first-order valence-electron chi connectivity index (χ1n) is 5.09. The normalized spacial score (nSPS) is 17.7. The Balaban J connectivity index is 2.40. The average Bonchev–Trinajstić information content (AvgIpc) is 2.34. The van der Waals surface area contributed by atoms with Crippen LogP contribution in [0.25, 0.3) is 0 Å². The fourth-order valence-electron chi connectivity index (χ4n) is 1.34. The lowest BCUT2D eigenvalue weighted by atomic mass is 10.2. The second kappa shape index (κ2) is 5.28. The van der Waals surface area contributed by atoms with Crippen molar-refractivity contribution in [2.24, 2.45) is 4.40 Å². The Hall–Kier alpha value is -1.43. The van der Waals surface area contributed by atoms with E-state index in [4.69, 9.17) is 23.2 Å². The smallest absolute Gasteiger partial charge is 0.282 e. The average molecular weight is 316 g/mol. The SMILES string of the molecule is O=C1C=C/C(=N\S(=O)(=O)c2ccc(Cl)cc2)C=C1Cl. The van der Waals surface area contributed by atoms with Crippen molar-refractivity contribution in [3.05, 3.63) is 52.5 Å². The zero-order chi connectivity index (χ0) is 14.0. The van der Waals surface area contributed by atoms with Gasteiger partial charge in [0.1, 0.15) is 0 Å². The van der Waals surface area contributed by atoms with E-state index in [1.807, 2.05) is 0 Å². The molecular formula is C12H7Cl2NO3S. The number of nitrogens with zero attached hydrogens (tertiary/aromatic N) is 1. The number of hydrogen-bond acceptors (Lipinski definition) is 3. The van der Waals surface area contributed by atoms with Gasteiger partial charge in [0, 0.05) is 5.02 Å². The second-order valence-electron chi connectivity index (χ2n) is 3.63. The maximum absolute atomic E-state index is 12.0. The lowest BCUT2D eigenvalue weighted by Crippen LogP contribution is -2.07. The summed E-state index contributed by atoms with van der Waals surface area (Å²) in [6.45, 7) is 0. The van der Waals surface area contributed by atoms with Gasteiger partial charge in [-0.05, 0) is 42.5 Å². The monoisotopic (exact) mass is 315 g/mol. The molecule has 7 heteroatoms. The van der Waals surface area contributed by atoms with Gasteiger partial charge >= 0.3 is 0 Å². The minimum Gasteiger partial charge on any atom is -0.288 e. The number of carbonyl (C=O) groups is 1. The van der Waals surface area contributed by atoms with Gasteiger partial charge in [0.25, 0.3) is 10.0 Å². The van der Waals surface area contributed by atoms with Gasteiger partial charge in [0.05, 0.1) is 15.6 Å². The Bertz CT molecular complexity index is 716. The third-order valence-corrected chi connectivity index (χ3v) is 4.12. The first-order chi connectivity index (χ1) is 8.88. The van der Waals surface area contributed by atoms with E-state index in [9.17, 15) is 13.2 Å². The van der Waals surface area contributed by atoms with Crippen LogP contribution in [0.1, 0.15) is 0 Å². The molecule has 0 bridgehead atoms. The van der Waals surface area contributed by atoms with E-state index in [1.165, 1.54) is 42.5 Å². The minimum atomic E-state index is -3.85. The van der Waals surface area contributed by atoms with E-state index in [0.29, 0.717) is 5.02 Å². The third-order valence-electron chi connectivity index (χ3n) is 2.25. The lowest BCUT2D eigenvalue weighted by Gasteiger charge is -2.03. The molecule has 4 nitrogen and oxygen atoms in total. The molecule has 0 aliphatic heterocycles. The van der Waals surface area contributed by atoms with Gasteiger partial charge in [-0.2, -0.15) is 12.8 Å². The van der Waals surface area contributed by atoms with Gasteiger partial charge in [-0.3, -0.25) is 4.79 Å². The molecule has 0 saturated carbocycles. The van der Waals surface area contributed by atoms with E-state index >= 15 is 0 Å². The highest BCUT2D eigenvalue weighted by atomic mass is 35.5. The fourth-order valence-corrected chi connectivity index (χ4v) is 2.62. The van der Waals surface area contributed by atoms with Crippen LogP contribution in [0.2, 0.25) is 5.02 Å². The molecule has 1 aliphatic rings. The molecule has 0 heterocycles. The third kappa shape index (κ3) is 3.32. The summed E-state index contributed by atoms with van der Waals surface area (Å²) in [5, 5.41) is 0.352. The van der Waals surface area contributed by atoms with Gasteiger partial charge in [0.15, 0.2) is 5.78 Å². The van der Waals surface area contributed by atoms with Crippen molar-refractivity contribution >= 4 is 44.7 Å². The number of benzene rings is 1. The number of allylic oxidation sites excluding steroid dienone is 4. The topological polar surface area (TPSA) is 63.6 Å². The Morgan fingerprint density at radius 1 is 1.00 bits per heavy atom. The van der Waals surface area contributed by atoms with Crippen molar-refractivity contribution in [1.82, 2.24) is 0 Å². The lowest BCUT2D eigenvalue weighted by molar-refractivity contribution is -0.110. The summed E-state index contributed by atoms with van der Waals surface area (Å²) < 4.78 is 27.6. The van der Waals surface area contributed by atoms with Crippen LogP contribution in [-0.4, -0.2) is 19.9 Å². The molecule has 2 rings (SSSR count). The summed E-state index contributed by atoms with van der Waals surface area (Å²) in [5.41, 5.74) is 0.0968. The molecule has 1 aromatic carbocycles. The summed E-state index contributed by atoms with van der Waals surface area (Å²) in [4.78, 5) is 11.1. The first-order valence-corrected chi connectivity index (χ1v) is 7.28. The van der Waals surface area contributed by atoms with Crippen LogP contribution in [0.3, 0.4) is 0 Å². The molecular weight excluding hydrogens is 309 g/mol. The Kier molecular flexibility index (Phi) is 3.89. The van der Waals surface area contributed by atoms with Crippen LogP contribution in [-0.2, 0) is 14.8 Å². The molecule has 0 radical (unpaired) electrons. The largest absolute Gasteiger partial charge is 0.288 e. The van der Waals surface area contributed by atoms with E-state index in [1.54, 1.807) is 0 Å². The maximum atomic E-state index is 12.0. The number of ketones is 1. The maximum Gasteiger partial charge on any atom is 0.282 e. The summed E-state index contributed by atoms with van der Waals surface area (Å²) in [6.07, 6.45) is 3.66. The van der Waals surface area contributed by atoms with Gasteiger partial charge in [-0.15, -0.1) is 0 Å². The molecule has 0 fully saturated rings. The summed E-state index contributed by atoms with van der Waals surface area (Å²) in [5.74, 6) is -0.385. The van der Waals surface area contributed by atoms with Crippen molar-refractivity contribution in [3.63, 3.8) is 0 Å². The molecule has 0 atom stereocenters. The van der Waals surface area contributed by atoms with Crippen LogP contribution >= 0.6 is 23.2 Å². The van der Waals surface area contributed by atoms with Crippen molar-refractivity contribution in [2.45, 2.75) is 4.90 Å². The highest BCUT2D eigenvalue weighted by Gasteiger charge is 2.15. The molecule has 1 aliphatic carbocycles. The van der Waals surface area contributed by atoms with E-state index in [-0.39, 0.29) is 21.4 Å². The Morgan fingerprint density at radius 2 is 1.63 bits per heavy atom. The Labute approximate surface area is 120 Å². The number of carbonyl (C=O) groups excluding carboxylic acids is 1. The van der Waals surface area contributed by atoms with Crippen molar-refractivity contribution in [3.8, 4) is 0 Å². The van der Waals surface area contributed by atoms with Crippen LogP contribution in [0.5, 0.6) is 0 Å². The zero-order valence-electron chi connectivity index (χ0n) is 9.38. The predicted molar refractivity (Wildman–Crippen MR) is 74.2 cm³/mol. The molecule has 0 aromatic heterocycles. The number of hydrogen-bond donors (Lipinski definition) is 0. The summed E-state index contributed by atoms with van der Waals surface area (Å²) in [7, 11) is -3.85. The summed E-state index contributed by atoms with van der Waals surface area (Å²) >= 11 is 11.3. The highest BCUT2D eigenvalue weighted by Crippen LogP contribution is 2.18. The molecule has 0 N–H and O–H groups in total. The van der Waals surface area contributed by atoms with Crippen molar-refractivity contribution in [2.75, 3.05) is 0 Å². The number of halogens is 2. The van der Waals surface area contributed by atoms with E-state index in [0.717, 1.165) is 0 Å². The van der Waals surface area contributed by atoms with Gasteiger partial charge in [-0.1, -0.05) is 23.2 Å². The minimum absolute atomic E-state index is 0.0132. The highest BCUT2D eigenvalue weighted by molar-refractivity contribution is 7.90. The molecule has 0 saturated heterocycles. The van der Waals surface area contributed by atoms with Crippen LogP contribution in [0.15, 0.2) is 56.8 Å². The molecule has 1 aromatic rings. The number of sulfonamides is 1. The molecule has 19 heavy (non-hydrogen) atoms. The molecule has 0 unspecified atom stereocenters. The van der Waals surface area contributed by atoms with Gasteiger partial charge in [0.2, 0.25) is 0 Å². The van der Waals surface area contributed by atoms with Crippen molar-refractivity contribution < 1.29 is 13.2 Å². The standard InChI is InChI=1S/C12H7Cl2NO3S/c13-8-1-4-10(5-2-8)19(17,18)15-9-3-6-12(16)11(14)7-9/h1-7H/b15-9+. The van der Waals surface area contributed by atoms with Crippen LogP contribution in [0, 0.1) is 0 Å². The zero-order valence-corrected chi connectivity index (χ0v) is 11.7. The first kappa shape index (κ1) is 14.0. The van der Waals surface area contributed by atoms with Gasteiger partial charge in [-0.25, -0.2) is 0 Å². The molecule has 0 amide bonds. The van der Waals surface area contributed by atoms with Crippen molar-refractivity contribution in [1.29, 1.82) is 0 Å². The Morgan fingerprint density at radius 3 is 2.21 bits per heavy atom. The molecule has 0 spiro atoms. The van der Waals surface area contributed by atoms with Crippen LogP contribution in [0.4, 0.5) is 0 Å². The van der Waals surface area contributed by atoms with Gasteiger partial charge < -0.3 is 0 Å².